The maximum atomic E-state index is 10.7. The molecule has 72 valence electrons. The van der Waals surface area contributed by atoms with Gasteiger partial charge in [-0.3, -0.25) is 4.18 Å². The molecule has 1 saturated carbocycles. The van der Waals surface area contributed by atoms with Crippen LogP contribution in [0.3, 0.4) is 0 Å². The molecule has 0 saturated heterocycles. The fourth-order valence-electron chi connectivity index (χ4n) is 1.39. The minimum atomic E-state index is -3.32. The summed E-state index contributed by atoms with van der Waals surface area (Å²) in [6.45, 7) is 0. The Morgan fingerprint density at radius 2 is 1.75 bits per heavy atom. The predicted molar refractivity (Wildman–Crippen MR) is 44.2 cm³/mol. The van der Waals surface area contributed by atoms with Gasteiger partial charge in [-0.15, -0.1) is 0 Å². The van der Waals surface area contributed by atoms with Crippen molar-refractivity contribution in [3.63, 3.8) is 0 Å². The maximum Gasteiger partial charge on any atom is 0.264 e. The van der Waals surface area contributed by atoms with Crippen molar-refractivity contribution in [2.45, 2.75) is 37.9 Å². The molecule has 0 atom stereocenters. The van der Waals surface area contributed by atoms with Crippen LogP contribution < -0.4 is 0 Å². The van der Waals surface area contributed by atoms with Crippen molar-refractivity contribution in [2.75, 3.05) is 6.26 Å². The van der Waals surface area contributed by atoms with E-state index < -0.39 is 10.1 Å². The zero-order valence-corrected chi connectivity index (χ0v) is 7.88. The van der Waals surface area contributed by atoms with Gasteiger partial charge in [0.15, 0.2) is 0 Å². The second-order valence-corrected chi connectivity index (χ2v) is 4.83. The summed E-state index contributed by atoms with van der Waals surface area (Å²) in [6.07, 6.45) is 3.11. The van der Waals surface area contributed by atoms with Crippen molar-refractivity contribution in [2.24, 2.45) is 0 Å². The average molecular weight is 194 g/mol. The normalized spacial score (nSPS) is 31.8. The Balaban J connectivity index is 2.36. The van der Waals surface area contributed by atoms with Crippen LogP contribution in [0.2, 0.25) is 0 Å². The molecule has 0 radical (unpaired) electrons. The minimum absolute atomic E-state index is 0.219. The topological polar surface area (TPSA) is 63.6 Å². The SMILES string of the molecule is CS(=O)(=O)OC1CCC(O)CC1. The molecule has 0 aromatic carbocycles. The molecule has 0 amide bonds. The van der Waals surface area contributed by atoms with Gasteiger partial charge in [0.05, 0.1) is 18.5 Å². The van der Waals surface area contributed by atoms with Gasteiger partial charge in [-0.05, 0) is 25.7 Å². The molecule has 0 bridgehead atoms. The summed E-state index contributed by atoms with van der Waals surface area (Å²) in [5.74, 6) is 0. The minimum Gasteiger partial charge on any atom is -0.393 e. The molecule has 4 nitrogen and oxygen atoms in total. The molecule has 0 unspecified atom stereocenters. The van der Waals surface area contributed by atoms with Crippen LogP contribution in [0.1, 0.15) is 25.7 Å². The smallest absolute Gasteiger partial charge is 0.264 e. The Morgan fingerprint density at radius 1 is 1.25 bits per heavy atom. The lowest BCUT2D eigenvalue weighted by molar-refractivity contribution is 0.0700. The van der Waals surface area contributed by atoms with E-state index in [0.717, 1.165) is 6.26 Å². The van der Waals surface area contributed by atoms with E-state index in [9.17, 15) is 8.42 Å². The molecule has 0 aliphatic heterocycles. The van der Waals surface area contributed by atoms with Crippen molar-refractivity contribution in [3.05, 3.63) is 0 Å². The van der Waals surface area contributed by atoms with Crippen LogP contribution in [-0.4, -0.2) is 32.0 Å². The van der Waals surface area contributed by atoms with Gasteiger partial charge < -0.3 is 5.11 Å². The van der Waals surface area contributed by atoms with E-state index in [4.69, 9.17) is 9.29 Å². The molecule has 1 aliphatic rings. The lowest BCUT2D eigenvalue weighted by Gasteiger charge is -2.24. The van der Waals surface area contributed by atoms with Gasteiger partial charge in [0.1, 0.15) is 0 Å². The molecular formula is C7H14O4S. The third kappa shape index (κ3) is 3.51. The second-order valence-electron chi connectivity index (χ2n) is 3.23. The third-order valence-corrected chi connectivity index (χ3v) is 2.58. The summed E-state index contributed by atoms with van der Waals surface area (Å²) in [6, 6.07) is 0. The Morgan fingerprint density at radius 3 is 2.17 bits per heavy atom. The molecule has 1 rings (SSSR count). The van der Waals surface area contributed by atoms with Gasteiger partial charge in [0, 0.05) is 0 Å². The predicted octanol–water partition coefficient (Wildman–Crippen LogP) is 0.266. The fourth-order valence-corrected chi connectivity index (χ4v) is 2.08. The highest BCUT2D eigenvalue weighted by Crippen LogP contribution is 2.21. The van der Waals surface area contributed by atoms with Crippen LogP contribution in [0.5, 0.6) is 0 Å². The number of hydrogen-bond donors (Lipinski definition) is 1. The van der Waals surface area contributed by atoms with Crippen LogP contribution in [0.15, 0.2) is 0 Å². The molecule has 12 heavy (non-hydrogen) atoms. The summed E-state index contributed by atoms with van der Waals surface area (Å²) >= 11 is 0. The van der Waals surface area contributed by atoms with Crippen molar-refractivity contribution in [3.8, 4) is 0 Å². The quantitative estimate of drug-likeness (QED) is 0.641. The first-order valence-electron chi connectivity index (χ1n) is 4.04. The molecule has 0 aromatic heterocycles. The summed E-state index contributed by atoms with van der Waals surface area (Å²) in [7, 11) is -3.32. The van der Waals surface area contributed by atoms with E-state index in [1.165, 1.54) is 0 Å². The van der Waals surface area contributed by atoms with E-state index in [1.54, 1.807) is 0 Å². The standard InChI is InChI=1S/C7H14O4S/c1-12(9,10)11-7-4-2-6(8)3-5-7/h6-8H,2-5H2,1H3. The van der Waals surface area contributed by atoms with Crippen LogP contribution >= 0.6 is 0 Å². The lowest BCUT2D eigenvalue weighted by Crippen LogP contribution is -2.26. The van der Waals surface area contributed by atoms with Gasteiger partial charge in [0.2, 0.25) is 0 Å². The maximum absolute atomic E-state index is 10.7. The van der Waals surface area contributed by atoms with Gasteiger partial charge in [-0.1, -0.05) is 0 Å². The molecule has 1 aliphatic carbocycles. The highest BCUT2D eigenvalue weighted by molar-refractivity contribution is 7.86. The first-order valence-corrected chi connectivity index (χ1v) is 5.85. The molecule has 1 N–H and O–H groups in total. The average Bonchev–Trinajstić information content (AvgIpc) is 1.91. The number of rotatable bonds is 2. The number of aliphatic hydroxyl groups excluding tert-OH is 1. The van der Waals surface area contributed by atoms with E-state index in [-0.39, 0.29) is 12.2 Å². The van der Waals surface area contributed by atoms with Gasteiger partial charge >= 0.3 is 0 Å². The molecular weight excluding hydrogens is 180 g/mol. The first kappa shape index (κ1) is 9.95. The Hall–Kier alpha value is -0.130. The number of hydrogen-bond acceptors (Lipinski definition) is 4. The number of aliphatic hydroxyl groups is 1. The first-order chi connectivity index (χ1) is 5.47. The van der Waals surface area contributed by atoms with E-state index in [0.29, 0.717) is 25.7 Å². The monoisotopic (exact) mass is 194 g/mol. The van der Waals surface area contributed by atoms with E-state index in [2.05, 4.69) is 0 Å². The van der Waals surface area contributed by atoms with Crippen LogP contribution in [-0.2, 0) is 14.3 Å². The highest BCUT2D eigenvalue weighted by atomic mass is 32.2. The summed E-state index contributed by atoms with van der Waals surface area (Å²) in [5, 5.41) is 9.12. The zero-order chi connectivity index (χ0) is 9.19. The third-order valence-electron chi connectivity index (χ3n) is 1.95. The highest BCUT2D eigenvalue weighted by Gasteiger charge is 2.22. The fraction of sp³-hybridized carbons (Fsp3) is 1.00. The van der Waals surface area contributed by atoms with Crippen molar-refractivity contribution in [1.82, 2.24) is 0 Å². The molecule has 5 heteroatoms. The second kappa shape index (κ2) is 3.72. The van der Waals surface area contributed by atoms with Crippen LogP contribution in [0.4, 0.5) is 0 Å². The molecule has 0 spiro atoms. The Kier molecular flexibility index (Phi) is 3.09. The Labute approximate surface area is 72.7 Å². The lowest BCUT2D eigenvalue weighted by atomic mass is 9.95. The van der Waals surface area contributed by atoms with Crippen molar-refractivity contribution < 1.29 is 17.7 Å². The van der Waals surface area contributed by atoms with Crippen molar-refractivity contribution in [1.29, 1.82) is 0 Å². The molecule has 1 fully saturated rings. The summed E-state index contributed by atoms with van der Waals surface area (Å²) in [5.41, 5.74) is 0. The van der Waals surface area contributed by atoms with Gasteiger partial charge in [-0.25, -0.2) is 0 Å². The Bertz CT molecular complexity index is 226. The zero-order valence-electron chi connectivity index (χ0n) is 7.06. The molecule has 0 heterocycles. The van der Waals surface area contributed by atoms with E-state index >= 15 is 0 Å². The van der Waals surface area contributed by atoms with Crippen LogP contribution in [0.25, 0.3) is 0 Å². The molecule has 0 aromatic rings. The largest absolute Gasteiger partial charge is 0.393 e. The van der Waals surface area contributed by atoms with Crippen molar-refractivity contribution >= 4 is 10.1 Å². The van der Waals surface area contributed by atoms with Gasteiger partial charge in [-0.2, -0.15) is 8.42 Å². The van der Waals surface area contributed by atoms with Crippen LogP contribution in [0, 0.1) is 0 Å². The van der Waals surface area contributed by atoms with Gasteiger partial charge in [0.25, 0.3) is 10.1 Å². The summed E-state index contributed by atoms with van der Waals surface area (Å²) in [4.78, 5) is 0. The summed E-state index contributed by atoms with van der Waals surface area (Å²) < 4.78 is 26.2. The van der Waals surface area contributed by atoms with E-state index in [1.807, 2.05) is 0 Å².